The minimum atomic E-state index is -3.76. The molecule has 2 rings (SSSR count). The van der Waals surface area contributed by atoms with Crippen LogP contribution in [0.15, 0.2) is 56.9 Å². The van der Waals surface area contributed by atoms with Gasteiger partial charge in [0.2, 0.25) is 0 Å². The lowest BCUT2D eigenvalue weighted by atomic mass is 10.2. The average Bonchev–Trinajstić information content (AvgIpc) is 2.48. The van der Waals surface area contributed by atoms with Crippen LogP contribution in [0.1, 0.15) is 5.56 Å². The van der Waals surface area contributed by atoms with Crippen molar-refractivity contribution < 1.29 is 17.5 Å². The molecular weight excluding hydrogens is 375 g/mol. The quantitative estimate of drug-likeness (QED) is 0.634. The van der Waals surface area contributed by atoms with Crippen molar-refractivity contribution in [1.82, 2.24) is 4.83 Å². The molecule has 0 amide bonds. The summed E-state index contributed by atoms with van der Waals surface area (Å²) in [4.78, 5) is 2.14. The zero-order chi connectivity index (χ0) is 16.2. The van der Waals surface area contributed by atoms with E-state index in [0.29, 0.717) is 5.56 Å². The number of methoxy groups -OCH3 is 1. The maximum Gasteiger partial charge on any atom is 0.276 e. The van der Waals surface area contributed by atoms with E-state index >= 15 is 0 Å². The summed E-state index contributed by atoms with van der Waals surface area (Å²) in [6.07, 6.45) is 1.21. The number of nitrogens with one attached hydrogen (secondary N) is 1. The second-order valence-electron chi connectivity index (χ2n) is 4.20. The number of rotatable bonds is 5. The lowest BCUT2D eigenvalue weighted by molar-refractivity contribution is 0.386. The molecule has 0 fully saturated rings. The van der Waals surface area contributed by atoms with Crippen LogP contribution < -0.4 is 9.57 Å². The van der Waals surface area contributed by atoms with Gasteiger partial charge in [0.15, 0.2) is 11.6 Å². The standard InChI is InChI=1S/C14H12BrFN2O3S/c1-21-14-7-2-10(8-13(14)16)9-17-18-22(19,20)12-5-3-11(15)4-6-12/h2-9,18H,1H3/b17-9-. The first-order valence-corrected chi connectivity index (χ1v) is 8.34. The number of nitrogens with zero attached hydrogens (tertiary/aromatic N) is 1. The number of hydrogen-bond donors (Lipinski definition) is 1. The first kappa shape index (κ1) is 16.4. The Hall–Kier alpha value is -1.93. The van der Waals surface area contributed by atoms with Gasteiger partial charge in [-0.05, 0) is 48.0 Å². The van der Waals surface area contributed by atoms with Crippen LogP contribution in [0.2, 0.25) is 0 Å². The van der Waals surface area contributed by atoms with E-state index in [1.807, 2.05) is 0 Å². The van der Waals surface area contributed by atoms with Crippen molar-refractivity contribution in [2.24, 2.45) is 5.10 Å². The summed E-state index contributed by atoms with van der Waals surface area (Å²) in [6.45, 7) is 0. The van der Waals surface area contributed by atoms with Crippen molar-refractivity contribution >= 4 is 32.2 Å². The molecule has 5 nitrogen and oxygen atoms in total. The fourth-order valence-corrected chi connectivity index (χ4v) is 2.66. The van der Waals surface area contributed by atoms with E-state index in [2.05, 4.69) is 25.9 Å². The molecule has 0 radical (unpaired) electrons. The Labute approximate surface area is 136 Å². The van der Waals surface area contributed by atoms with E-state index in [-0.39, 0.29) is 10.6 Å². The highest BCUT2D eigenvalue weighted by Crippen LogP contribution is 2.17. The topological polar surface area (TPSA) is 67.8 Å². The molecule has 2 aromatic rings. The van der Waals surface area contributed by atoms with Gasteiger partial charge < -0.3 is 4.74 Å². The Morgan fingerprint density at radius 1 is 1.23 bits per heavy atom. The molecule has 0 heterocycles. The highest BCUT2D eigenvalue weighted by molar-refractivity contribution is 9.10. The van der Waals surface area contributed by atoms with Gasteiger partial charge in [-0.15, -0.1) is 0 Å². The molecule has 0 unspecified atom stereocenters. The molecule has 0 saturated heterocycles. The number of hydrazone groups is 1. The maximum absolute atomic E-state index is 13.5. The van der Waals surface area contributed by atoms with Crippen LogP contribution in [-0.4, -0.2) is 21.7 Å². The van der Waals surface area contributed by atoms with Crippen LogP contribution >= 0.6 is 15.9 Å². The molecule has 0 aromatic heterocycles. The van der Waals surface area contributed by atoms with Gasteiger partial charge in [0.1, 0.15) is 0 Å². The van der Waals surface area contributed by atoms with E-state index in [0.717, 1.165) is 4.47 Å². The minimum Gasteiger partial charge on any atom is -0.494 e. The van der Waals surface area contributed by atoms with Crippen molar-refractivity contribution in [3.05, 3.63) is 58.3 Å². The molecule has 0 aliphatic rings. The van der Waals surface area contributed by atoms with Crippen LogP contribution in [0.4, 0.5) is 4.39 Å². The number of sulfonamides is 1. The second-order valence-corrected chi connectivity index (χ2v) is 6.78. The number of hydrogen-bond acceptors (Lipinski definition) is 4. The number of benzene rings is 2. The van der Waals surface area contributed by atoms with Gasteiger partial charge in [-0.1, -0.05) is 15.9 Å². The van der Waals surface area contributed by atoms with Gasteiger partial charge in [-0.2, -0.15) is 13.5 Å². The van der Waals surface area contributed by atoms with Gasteiger partial charge in [0.05, 0.1) is 18.2 Å². The van der Waals surface area contributed by atoms with Gasteiger partial charge in [-0.25, -0.2) is 9.22 Å². The van der Waals surface area contributed by atoms with Gasteiger partial charge in [-0.3, -0.25) is 0 Å². The van der Waals surface area contributed by atoms with Crippen LogP contribution in [0.25, 0.3) is 0 Å². The van der Waals surface area contributed by atoms with E-state index < -0.39 is 15.8 Å². The van der Waals surface area contributed by atoms with Crippen molar-refractivity contribution in [2.75, 3.05) is 7.11 Å². The largest absolute Gasteiger partial charge is 0.494 e. The summed E-state index contributed by atoms with van der Waals surface area (Å²) in [7, 11) is -2.40. The van der Waals surface area contributed by atoms with E-state index in [9.17, 15) is 12.8 Å². The first-order chi connectivity index (χ1) is 10.4. The van der Waals surface area contributed by atoms with Crippen LogP contribution in [0.5, 0.6) is 5.75 Å². The molecule has 22 heavy (non-hydrogen) atoms. The molecular formula is C14H12BrFN2O3S. The fourth-order valence-electron chi connectivity index (χ4n) is 1.60. The van der Waals surface area contributed by atoms with Crippen LogP contribution in [0.3, 0.4) is 0 Å². The molecule has 0 saturated carbocycles. The lowest BCUT2D eigenvalue weighted by Crippen LogP contribution is -2.18. The molecule has 0 bridgehead atoms. The highest BCUT2D eigenvalue weighted by Gasteiger charge is 2.12. The molecule has 2 aromatic carbocycles. The predicted octanol–water partition coefficient (Wildman–Crippen LogP) is 2.91. The molecule has 0 aliphatic heterocycles. The Bertz CT molecular complexity index is 792. The van der Waals surface area contributed by atoms with E-state index in [1.54, 1.807) is 18.2 Å². The smallest absolute Gasteiger partial charge is 0.276 e. The summed E-state index contributed by atoms with van der Waals surface area (Å²) in [5.41, 5.74) is 0.400. The summed E-state index contributed by atoms with van der Waals surface area (Å²) in [5.74, 6) is -0.449. The van der Waals surface area contributed by atoms with Crippen molar-refractivity contribution in [2.45, 2.75) is 4.90 Å². The highest BCUT2D eigenvalue weighted by atomic mass is 79.9. The third kappa shape index (κ3) is 4.05. The van der Waals surface area contributed by atoms with Crippen LogP contribution in [0, 0.1) is 5.82 Å². The zero-order valence-corrected chi connectivity index (χ0v) is 13.9. The Balaban J connectivity index is 2.11. The van der Waals surface area contributed by atoms with E-state index in [4.69, 9.17) is 4.74 Å². The minimum absolute atomic E-state index is 0.0776. The summed E-state index contributed by atoms with van der Waals surface area (Å²) < 4.78 is 43.0. The Morgan fingerprint density at radius 3 is 2.50 bits per heavy atom. The lowest BCUT2D eigenvalue weighted by Gasteiger charge is -2.04. The molecule has 1 N–H and O–H groups in total. The molecule has 0 aliphatic carbocycles. The average molecular weight is 387 g/mol. The van der Waals surface area contributed by atoms with Gasteiger partial charge in [0, 0.05) is 4.47 Å². The molecule has 8 heteroatoms. The van der Waals surface area contributed by atoms with Crippen LogP contribution in [-0.2, 0) is 10.0 Å². The molecule has 0 atom stereocenters. The SMILES string of the molecule is COc1ccc(/C=N\NS(=O)(=O)c2ccc(Br)cc2)cc1F. The fraction of sp³-hybridized carbons (Fsp3) is 0.0714. The van der Waals surface area contributed by atoms with Gasteiger partial charge in [0.25, 0.3) is 10.0 Å². The normalized spacial score (nSPS) is 11.6. The Kier molecular flexibility index (Phi) is 5.15. The third-order valence-corrected chi connectivity index (χ3v) is 4.45. The molecule has 116 valence electrons. The summed E-state index contributed by atoms with van der Waals surface area (Å²) in [5, 5.41) is 3.63. The second kappa shape index (κ2) is 6.89. The Morgan fingerprint density at radius 2 is 1.91 bits per heavy atom. The molecule has 0 spiro atoms. The first-order valence-electron chi connectivity index (χ1n) is 6.06. The van der Waals surface area contributed by atoms with Crippen molar-refractivity contribution in [3.63, 3.8) is 0 Å². The third-order valence-electron chi connectivity index (χ3n) is 2.69. The predicted molar refractivity (Wildman–Crippen MR) is 85.0 cm³/mol. The maximum atomic E-state index is 13.5. The summed E-state index contributed by atoms with van der Waals surface area (Å²) >= 11 is 3.22. The van der Waals surface area contributed by atoms with E-state index in [1.165, 1.54) is 37.6 Å². The number of ether oxygens (including phenoxy) is 1. The van der Waals surface area contributed by atoms with Crippen molar-refractivity contribution in [1.29, 1.82) is 0 Å². The number of halogens is 2. The van der Waals surface area contributed by atoms with Gasteiger partial charge >= 0.3 is 0 Å². The zero-order valence-electron chi connectivity index (χ0n) is 11.5. The monoisotopic (exact) mass is 386 g/mol. The summed E-state index contributed by atoms with van der Waals surface area (Å²) in [6, 6.07) is 10.3. The van der Waals surface area contributed by atoms with Crippen molar-refractivity contribution in [3.8, 4) is 5.75 Å².